The van der Waals surface area contributed by atoms with Crippen LogP contribution in [0.4, 0.5) is 0 Å². The first kappa shape index (κ1) is 11.9. The Hall–Kier alpha value is -1.15. The van der Waals surface area contributed by atoms with Crippen molar-refractivity contribution in [2.75, 3.05) is 0 Å². The van der Waals surface area contributed by atoms with Gasteiger partial charge >= 0.3 is 0 Å². The van der Waals surface area contributed by atoms with E-state index in [0.717, 1.165) is 6.54 Å². The topological polar surface area (TPSA) is 4.93 Å². The number of hydrogen-bond acceptors (Lipinski definition) is 1. The number of hydrogen-bond donors (Lipinski definition) is 0. The molecule has 0 saturated carbocycles. The summed E-state index contributed by atoms with van der Waals surface area (Å²) >= 11 is 2.03. The Bertz CT molecular complexity index is 558. The zero-order valence-electron chi connectivity index (χ0n) is 11.2. The van der Waals surface area contributed by atoms with Gasteiger partial charge in [0.05, 0.1) is 0 Å². The monoisotopic (exact) mass is 257 g/mol. The summed E-state index contributed by atoms with van der Waals surface area (Å²) in [6.45, 7) is 7.78. The highest BCUT2D eigenvalue weighted by Crippen LogP contribution is 2.37. The van der Waals surface area contributed by atoms with E-state index in [1.54, 1.807) is 0 Å². The molecular weight excluding hydrogens is 238 g/mol. The van der Waals surface area contributed by atoms with Gasteiger partial charge in [0, 0.05) is 28.6 Å². The largest absolute Gasteiger partial charge is 0.350 e. The third-order valence-corrected chi connectivity index (χ3v) is 5.33. The summed E-state index contributed by atoms with van der Waals surface area (Å²) < 4.78 is 2.42. The predicted octanol–water partition coefficient (Wildman–Crippen LogP) is 4.13. The van der Waals surface area contributed by atoms with Crippen LogP contribution in [0.2, 0.25) is 0 Å². The van der Waals surface area contributed by atoms with Gasteiger partial charge in [-0.3, -0.25) is 0 Å². The second-order valence-corrected chi connectivity index (χ2v) is 6.57. The lowest BCUT2D eigenvalue weighted by Gasteiger charge is -2.12. The molecule has 0 aliphatic carbocycles. The fourth-order valence-corrected chi connectivity index (χ4v) is 4.01. The molecule has 18 heavy (non-hydrogen) atoms. The first-order valence-corrected chi connectivity index (χ1v) is 7.40. The molecule has 0 saturated heterocycles. The van der Waals surface area contributed by atoms with Crippen LogP contribution < -0.4 is 0 Å². The van der Waals surface area contributed by atoms with Gasteiger partial charge in [0.2, 0.25) is 0 Å². The molecule has 0 amide bonds. The van der Waals surface area contributed by atoms with Crippen LogP contribution in [0.25, 0.3) is 0 Å². The van der Waals surface area contributed by atoms with Crippen LogP contribution in [0.1, 0.15) is 22.4 Å². The molecule has 3 rings (SSSR count). The fraction of sp³-hybridized carbons (Fsp3) is 0.375. The minimum absolute atomic E-state index is 0.687. The molecule has 0 bridgehead atoms. The van der Waals surface area contributed by atoms with Crippen LogP contribution in [0.5, 0.6) is 0 Å². The van der Waals surface area contributed by atoms with Crippen LogP contribution in [-0.2, 0) is 13.0 Å². The lowest BCUT2D eigenvalue weighted by molar-refractivity contribution is 0.650. The number of fused-ring (bicyclic) bond motifs is 1. The quantitative estimate of drug-likeness (QED) is 0.783. The highest BCUT2D eigenvalue weighted by molar-refractivity contribution is 8.00. The molecule has 1 aromatic heterocycles. The molecular formula is C16H19NS. The number of nitrogens with zero attached hydrogens (tertiary/aromatic N) is 1. The summed E-state index contributed by atoms with van der Waals surface area (Å²) in [5.74, 6) is 0. The summed E-state index contributed by atoms with van der Waals surface area (Å²) in [6, 6.07) is 8.81. The lowest BCUT2D eigenvalue weighted by Crippen LogP contribution is -2.12. The van der Waals surface area contributed by atoms with E-state index in [1.165, 1.54) is 33.7 Å². The number of thioether (sulfide) groups is 1. The third-order valence-electron chi connectivity index (χ3n) is 4.03. The second kappa shape index (κ2) is 4.51. The molecule has 2 aromatic rings. The molecule has 2 heterocycles. The molecule has 0 N–H and O–H groups in total. The van der Waals surface area contributed by atoms with Crippen molar-refractivity contribution >= 4 is 11.8 Å². The van der Waals surface area contributed by atoms with Crippen molar-refractivity contribution in [2.24, 2.45) is 0 Å². The first-order chi connectivity index (χ1) is 8.65. The maximum atomic E-state index is 2.42. The Kier molecular flexibility index (Phi) is 2.98. The molecule has 0 fully saturated rings. The van der Waals surface area contributed by atoms with E-state index in [0.29, 0.717) is 5.25 Å². The Morgan fingerprint density at radius 1 is 1.22 bits per heavy atom. The van der Waals surface area contributed by atoms with Gasteiger partial charge in [0.15, 0.2) is 0 Å². The van der Waals surface area contributed by atoms with Crippen LogP contribution in [0.3, 0.4) is 0 Å². The minimum atomic E-state index is 0.687. The zero-order valence-corrected chi connectivity index (χ0v) is 12.1. The van der Waals surface area contributed by atoms with Crippen LogP contribution >= 0.6 is 11.8 Å². The van der Waals surface area contributed by atoms with Crippen LogP contribution in [0.15, 0.2) is 35.4 Å². The fourth-order valence-electron chi connectivity index (χ4n) is 2.69. The standard InChI is InChI=1S/C16H19NS/c1-11-9-17(13(3)12(11)2)10-15-8-14-6-4-5-7-16(14)18-15/h4-7,9,15H,8,10H2,1-3H3. The molecule has 94 valence electrons. The first-order valence-electron chi connectivity index (χ1n) is 6.52. The van der Waals surface area contributed by atoms with Crippen molar-refractivity contribution in [3.8, 4) is 0 Å². The van der Waals surface area contributed by atoms with Crippen molar-refractivity contribution in [2.45, 2.75) is 43.9 Å². The number of benzene rings is 1. The van der Waals surface area contributed by atoms with E-state index in [4.69, 9.17) is 0 Å². The van der Waals surface area contributed by atoms with Crippen molar-refractivity contribution < 1.29 is 0 Å². The normalized spacial score (nSPS) is 18.1. The second-order valence-electron chi connectivity index (χ2n) is 5.23. The van der Waals surface area contributed by atoms with Gasteiger partial charge in [0.1, 0.15) is 0 Å². The summed E-state index contributed by atoms with van der Waals surface area (Å²) in [6.07, 6.45) is 3.50. The minimum Gasteiger partial charge on any atom is -0.350 e. The van der Waals surface area contributed by atoms with E-state index >= 15 is 0 Å². The molecule has 1 aliphatic heterocycles. The Morgan fingerprint density at radius 2 is 2.00 bits per heavy atom. The highest BCUT2D eigenvalue weighted by Gasteiger charge is 2.22. The molecule has 1 nitrogen and oxygen atoms in total. The van der Waals surface area contributed by atoms with Gasteiger partial charge in [-0.25, -0.2) is 0 Å². The van der Waals surface area contributed by atoms with E-state index in [9.17, 15) is 0 Å². The zero-order chi connectivity index (χ0) is 12.7. The Labute approximate surface area is 113 Å². The van der Waals surface area contributed by atoms with Crippen molar-refractivity contribution in [3.63, 3.8) is 0 Å². The van der Waals surface area contributed by atoms with E-state index in [1.807, 2.05) is 11.8 Å². The van der Waals surface area contributed by atoms with Gasteiger partial charge in [-0.05, 0) is 49.9 Å². The third kappa shape index (κ3) is 1.99. The average molecular weight is 257 g/mol. The molecule has 0 radical (unpaired) electrons. The van der Waals surface area contributed by atoms with E-state index < -0.39 is 0 Å². The summed E-state index contributed by atoms with van der Waals surface area (Å²) in [5, 5.41) is 0.687. The molecule has 1 unspecified atom stereocenters. The summed E-state index contributed by atoms with van der Waals surface area (Å²) in [5.41, 5.74) is 5.79. The summed E-state index contributed by atoms with van der Waals surface area (Å²) in [4.78, 5) is 1.47. The SMILES string of the molecule is Cc1cn(CC2Cc3ccccc3S2)c(C)c1C. The summed E-state index contributed by atoms with van der Waals surface area (Å²) in [7, 11) is 0. The molecule has 1 aliphatic rings. The van der Waals surface area contributed by atoms with Crippen molar-refractivity contribution in [1.82, 2.24) is 4.57 Å². The molecule has 1 atom stereocenters. The van der Waals surface area contributed by atoms with Crippen LogP contribution in [-0.4, -0.2) is 9.82 Å². The number of aryl methyl sites for hydroxylation is 1. The number of rotatable bonds is 2. The van der Waals surface area contributed by atoms with Crippen molar-refractivity contribution in [1.29, 1.82) is 0 Å². The van der Waals surface area contributed by atoms with Gasteiger partial charge in [-0.15, -0.1) is 11.8 Å². The van der Waals surface area contributed by atoms with Gasteiger partial charge in [0.25, 0.3) is 0 Å². The van der Waals surface area contributed by atoms with Crippen LogP contribution in [0, 0.1) is 20.8 Å². The molecule has 1 aromatic carbocycles. The predicted molar refractivity (Wildman–Crippen MR) is 78.4 cm³/mol. The van der Waals surface area contributed by atoms with Gasteiger partial charge < -0.3 is 4.57 Å². The smallest absolute Gasteiger partial charge is 0.0348 e. The van der Waals surface area contributed by atoms with Gasteiger partial charge in [-0.1, -0.05) is 18.2 Å². The average Bonchev–Trinajstić information content (AvgIpc) is 2.87. The lowest BCUT2D eigenvalue weighted by atomic mass is 10.1. The molecule has 0 spiro atoms. The van der Waals surface area contributed by atoms with E-state index in [-0.39, 0.29) is 0 Å². The maximum absolute atomic E-state index is 2.42. The maximum Gasteiger partial charge on any atom is 0.0348 e. The Balaban J connectivity index is 1.78. The highest BCUT2D eigenvalue weighted by atomic mass is 32.2. The molecule has 2 heteroatoms. The number of aromatic nitrogens is 1. The van der Waals surface area contributed by atoms with Crippen molar-refractivity contribution in [3.05, 3.63) is 52.8 Å². The van der Waals surface area contributed by atoms with E-state index in [2.05, 4.69) is 55.8 Å². The van der Waals surface area contributed by atoms with Gasteiger partial charge in [-0.2, -0.15) is 0 Å². The Morgan fingerprint density at radius 3 is 2.67 bits per heavy atom.